The van der Waals surface area contributed by atoms with Crippen molar-refractivity contribution in [3.63, 3.8) is 0 Å². The topological polar surface area (TPSA) is 80.3 Å². The number of nitrogens with one attached hydrogen (secondary N) is 2. The first kappa shape index (κ1) is 22.1. The van der Waals surface area contributed by atoms with Gasteiger partial charge in [-0.1, -0.05) is 41.9 Å². The van der Waals surface area contributed by atoms with Gasteiger partial charge in [-0.15, -0.1) is 0 Å². The molecule has 0 aliphatic rings. The minimum absolute atomic E-state index is 0.00597. The fourth-order valence-corrected chi connectivity index (χ4v) is 2.71. The van der Waals surface area contributed by atoms with Crippen molar-refractivity contribution >= 4 is 34.8 Å². The molecule has 1 aromatic heterocycles. The van der Waals surface area contributed by atoms with Gasteiger partial charge in [0.25, 0.3) is 11.8 Å². The number of hydrogen-bond donors (Lipinski definition) is 2. The third-order valence-corrected chi connectivity index (χ3v) is 4.17. The molecule has 0 spiro atoms. The molecule has 1 heterocycles. The van der Waals surface area contributed by atoms with E-state index in [9.17, 15) is 22.8 Å². The molecule has 2 N–H and O–H groups in total. The van der Waals surface area contributed by atoms with Crippen molar-refractivity contribution in [2.75, 3.05) is 17.2 Å². The Hall–Kier alpha value is -3.59. The third kappa shape index (κ3) is 6.19. The second-order valence-electron chi connectivity index (χ2n) is 6.23. The van der Waals surface area contributed by atoms with Gasteiger partial charge in [-0.2, -0.15) is 13.2 Å². The molecule has 31 heavy (non-hydrogen) atoms. The fraction of sp³-hybridized carbons (Fsp3) is 0.0952. The molecule has 160 valence electrons. The molecule has 2 amide bonds. The summed E-state index contributed by atoms with van der Waals surface area (Å²) in [5, 5.41) is 5.08. The van der Waals surface area contributed by atoms with Crippen LogP contribution in [0.1, 0.15) is 20.7 Å². The van der Waals surface area contributed by atoms with Gasteiger partial charge >= 0.3 is 6.18 Å². The maximum Gasteiger partial charge on any atom is 0.422 e. The summed E-state index contributed by atoms with van der Waals surface area (Å²) in [6.45, 7) is -1.56. The Balaban J connectivity index is 1.72. The van der Waals surface area contributed by atoms with Gasteiger partial charge in [0.1, 0.15) is 5.02 Å². The van der Waals surface area contributed by atoms with Crippen molar-refractivity contribution in [2.45, 2.75) is 6.18 Å². The highest BCUT2D eigenvalue weighted by Gasteiger charge is 2.29. The van der Waals surface area contributed by atoms with Crippen LogP contribution in [0.5, 0.6) is 5.88 Å². The second kappa shape index (κ2) is 9.48. The molecular formula is C21H15ClF3N3O3. The van der Waals surface area contributed by atoms with Gasteiger partial charge in [-0.05, 0) is 30.3 Å². The van der Waals surface area contributed by atoms with Crippen molar-refractivity contribution in [1.29, 1.82) is 0 Å². The van der Waals surface area contributed by atoms with E-state index in [2.05, 4.69) is 20.4 Å². The lowest BCUT2D eigenvalue weighted by Crippen LogP contribution is -2.20. The van der Waals surface area contributed by atoms with Crippen LogP contribution in [0, 0.1) is 0 Å². The van der Waals surface area contributed by atoms with Gasteiger partial charge < -0.3 is 15.4 Å². The van der Waals surface area contributed by atoms with E-state index in [-0.39, 0.29) is 16.5 Å². The molecular weight excluding hydrogens is 435 g/mol. The maximum absolute atomic E-state index is 12.6. The first-order chi connectivity index (χ1) is 14.7. The highest BCUT2D eigenvalue weighted by molar-refractivity contribution is 6.32. The number of hydrogen-bond acceptors (Lipinski definition) is 4. The number of ether oxygens (including phenoxy) is 1. The lowest BCUT2D eigenvalue weighted by Gasteiger charge is -2.13. The average Bonchev–Trinajstić information content (AvgIpc) is 2.74. The predicted molar refractivity (Wildman–Crippen MR) is 110 cm³/mol. The van der Waals surface area contributed by atoms with Gasteiger partial charge in [-0.3, -0.25) is 9.59 Å². The van der Waals surface area contributed by atoms with Gasteiger partial charge in [0.15, 0.2) is 6.61 Å². The van der Waals surface area contributed by atoms with Crippen molar-refractivity contribution in [3.8, 4) is 5.88 Å². The Kier molecular flexibility index (Phi) is 6.76. The predicted octanol–water partition coefficient (Wildman–Crippen LogP) is 5.18. The quantitative estimate of drug-likeness (QED) is 0.543. The monoisotopic (exact) mass is 449 g/mol. The Bertz CT molecular complexity index is 1090. The number of nitrogens with zero attached hydrogens (tertiary/aromatic N) is 1. The molecule has 10 heteroatoms. The smallest absolute Gasteiger partial charge is 0.422 e. The number of para-hydroxylation sites is 2. The van der Waals surface area contributed by atoms with Gasteiger partial charge in [0, 0.05) is 11.8 Å². The van der Waals surface area contributed by atoms with Crippen LogP contribution in [0.25, 0.3) is 0 Å². The molecule has 0 aliphatic heterocycles. The van der Waals surface area contributed by atoms with Crippen molar-refractivity contribution < 1.29 is 27.5 Å². The Morgan fingerprint density at radius 1 is 0.903 bits per heavy atom. The van der Waals surface area contributed by atoms with Crippen molar-refractivity contribution in [3.05, 3.63) is 83.0 Å². The van der Waals surface area contributed by atoms with E-state index in [4.69, 9.17) is 11.6 Å². The fourth-order valence-electron chi connectivity index (χ4n) is 2.49. The van der Waals surface area contributed by atoms with E-state index < -0.39 is 24.6 Å². The summed E-state index contributed by atoms with van der Waals surface area (Å²) in [7, 11) is 0. The highest BCUT2D eigenvalue weighted by Crippen LogP contribution is 2.26. The summed E-state index contributed by atoms with van der Waals surface area (Å²) in [6.07, 6.45) is -3.51. The number of pyridine rings is 1. The number of halogens is 4. The number of alkyl halides is 3. The molecule has 2 aromatic carbocycles. The van der Waals surface area contributed by atoms with Gasteiger partial charge in [-0.25, -0.2) is 4.98 Å². The minimum atomic E-state index is -4.55. The van der Waals surface area contributed by atoms with Crippen LogP contribution in [0.15, 0.2) is 66.9 Å². The maximum atomic E-state index is 12.6. The molecule has 0 saturated heterocycles. The molecule has 0 atom stereocenters. The molecule has 0 aliphatic carbocycles. The van der Waals surface area contributed by atoms with E-state index in [0.717, 1.165) is 12.3 Å². The Morgan fingerprint density at radius 2 is 1.45 bits per heavy atom. The summed E-state index contributed by atoms with van der Waals surface area (Å²) < 4.78 is 41.3. The molecule has 0 unspecified atom stereocenters. The Morgan fingerprint density at radius 3 is 2.00 bits per heavy atom. The van der Waals surface area contributed by atoms with Crippen LogP contribution >= 0.6 is 11.6 Å². The lowest BCUT2D eigenvalue weighted by atomic mass is 10.2. The second-order valence-corrected chi connectivity index (χ2v) is 6.64. The molecule has 0 radical (unpaired) electrons. The first-order valence-corrected chi connectivity index (χ1v) is 9.22. The molecule has 0 saturated carbocycles. The minimum Gasteiger partial charge on any atom is -0.467 e. The van der Waals surface area contributed by atoms with Crippen LogP contribution in [0.2, 0.25) is 5.02 Å². The zero-order valence-electron chi connectivity index (χ0n) is 15.7. The summed E-state index contributed by atoms with van der Waals surface area (Å²) in [4.78, 5) is 28.6. The van der Waals surface area contributed by atoms with E-state index in [1.54, 1.807) is 54.6 Å². The number of benzene rings is 2. The summed E-state index contributed by atoms with van der Waals surface area (Å²) in [5.41, 5.74) is 1.10. The lowest BCUT2D eigenvalue weighted by molar-refractivity contribution is -0.154. The number of anilines is 2. The normalized spacial score (nSPS) is 11.0. The van der Waals surface area contributed by atoms with E-state index in [1.807, 2.05) is 0 Å². The van der Waals surface area contributed by atoms with Crippen LogP contribution in [0.4, 0.5) is 24.5 Å². The van der Waals surface area contributed by atoms with Gasteiger partial charge in [0.05, 0.1) is 16.9 Å². The molecule has 6 nitrogen and oxygen atoms in total. The van der Waals surface area contributed by atoms with E-state index in [0.29, 0.717) is 16.9 Å². The summed E-state index contributed by atoms with van der Waals surface area (Å²) in [6, 6.07) is 16.2. The van der Waals surface area contributed by atoms with Crippen LogP contribution in [-0.4, -0.2) is 29.6 Å². The SMILES string of the molecule is O=C(Nc1ccccc1NC(=O)c1cnc(OCC(F)(F)F)c(Cl)c1)c1ccccc1. The summed E-state index contributed by atoms with van der Waals surface area (Å²) >= 11 is 5.88. The summed E-state index contributed by atoms with van der Waals surface area (Å²) in [5.74, 6) is -1.43. The highest BCUT2D eigenvalue weighted by atomic mass is 35.5. The largest absolute Gasteiger partial charge is 0.467 e. The Labute approximate surface area is 180 Å². The van der Waals surface area contributed by atoms with Crippen LogP contribution < -0.4 is 15.4 Å². The van der Waals surface area contributed by atoms with Crippen LogP contribution in [0.3, 0.4) is 0 Å². The number of carbonyl (C=O) groups excluding carboxylic acids is 2. The zero-order chi connectivity index (χ0) is 22.4. The molecule has 0 fully saturated rings. The molecule has 3 rings (SSSR count). The number of amides is 2. The van der Waals surface area contributed by atoms with E-state index in [1.165, 1.54) is 0 Å². The first-order valence-electron chi connectivity index (χ1n) is 8.85. The third-order valence-electron chi connectivity index (χ3n) is 3.90. The van der Waals surface area contributed by atoms with Gasteiger partial charge in [0.2, 0.25) is 5.88 Å². The zero-order valence-corrected chi connectivity index (χ0v) is 16.5. The van der Waals surface area contributed by atoms with Crippen molar-refractivity contribution in [1.82, 2.24) is 4.98 Å². The number of carbonyl (C=O) groups is 2. The van der Waals surface area contributed by atoms with E-state index >= 15 is 0 Å². The van der Waals surface area contributed by atoms with Crippen molar-refractivity contribution in [2.24, 2.45) is 0 Å². The number of rotatable bonds is 6. The van der Waals surface area contributed by atoms with Crippen LogP contribution in [-0.2, 0) is 0 Å². The molecule has 0 bridgehead atoms. The molecule has 3 aromatic rings. The number of aromatic nitrogens is 1. The standard InChI is InChI=1S/C21H15ClF3N3O3/c22-15-10-14(11-26-20(15)31-12-21(23,24)25)19(30)28-17-9-5-4-8-16(17)27-18(29)13-6-2-1-3-7-13/h1-11H,12H2,(H,27,29)(H,28,30). The average molecular weight is 450 g/mol.